The minimum atomic E-state index is 0.329. The number of aromatic nitrogens is 2. The largest absolute Gasteiger partial charge is 0.366 e. The zero-order chi connectivity index (χ0) is 13.9. The first-order valence-corrected chi connectivity index (χ1v) is 6.83. The van der Waals surface area contributed by atoms with Gasteiger partial charge in [0.15, 0.2) is 5.82 Å². The summed E-state index contributed by atoms with van der Waals surface area (Å²) in [4.78, 5) is 0. The Balaban J connectivity index is 2.21. The molecule has 0 unspecified atom stereocenters. The van der Waals surface area contributed by atoms with Gasteiger partial charge in [-0.05, 0) is 13.8 Å². The predicted molar refractivity (Wildman–Crippen MR) is 83.7 cm³/mol. The zero-order valence-electron chi connectivity index (χ0n) is 11.7. The van der Waals surface area contributed by atoms with Crippen molar-refractivity contribution in [2.24, 2.45) is 0 Å². The van der Waals surface area contributed by atoms with E-state index in [1.807, 2.05) is 30.3 Å². The summed E-state index contributed by atoms with van der Waals surface area (Å²) < 4.78 is 0. The van der Waals surface area contributed by atoms with Gasteiger partial charge >= 0.3 is 0 Å². The van der Waals surface area contributed by atoms with E-state index < -0.39 is 0 Å². The number of anilines is 1. The van der Waals surface area contributed by atoms with Crippen molar-refractivity contribution in [1.82, 2.24) is 10.2 Å². The molecule has 0 bridgehead atoms. The van der Waals surface area contributed by atoms with Gasteiger partial charge in [-0.3, -0.25) is 0 Å². The van der Waals surface area contributed by atoms with Crippen LogP contribution in [-0.4, -0.2) is 16.2 Å². The fourth-order valence-corrected chi connectivity index (χ4v) is 2.29. The summed E-state index contributed by atoms with van der Waals surface area (Å²) in [6.07, 6.45) is 0. The highest BCUT2D eigenvalue weighted by atomic mass is 15.2. The molecule has 0 radical (unpaired) electrons. The lowest BCUT2D eigenvalue weighted by molar-refractivity contribution is 0.879. The van der Waals surface area contributed by atoms with Crippen LogP contribution in [0.1, 0.15) is 13.8 Å². The minimum Gasteiger partial charge on any atom is -0.366 e. The Bertz CT molecular complexity index is 721. The van der Waals surface area contributed by atoms with Crippen molar-refractivity contribution in [3.05, 3.63) is 54.6 Å². The van der Waals surface area contributed by atoms with Gasteiger partial charge in [0.25, 0.3) is 0 Å². The Kier molecular flexibility index (Phi) is 3.33. The molecule has 0 aliphatic heterocycles. The number of nitrogens with one attached hydrogen (secondary N) is 1. The highest BCUT2D eigenvalue weighted by Crippen LogP contribution is 2.29. The van der Waals surface area contributed by atoms with Gasteiger partial charge in [-0.15, -0.1) is 10.2 Å². The van der Waals surface area contributed by atoms with E-state index in [1.165, 1.54) is 0 Å². The standard InChI is InChI=1S/C17H17N3/c1-12(2)18-17-15-11-7-6-10-14(15)16(19-20-17)13-8-4-3-5-9-13/h3-12H,1-2H3,(H,18,20). The number of hydrogen-bond acceptors (Lipinski definition) is 3. The maximum Gasteiger partial charge on any atom is 0.156 e. The van der Waals surface area contributed by atoms with Crippen molar-refractivity contribution in [1.29, 1.82) is 0 Å². The molecule has 0 saturated heterocycles. The first kappa shape index (κ1) is 12.6. The molecule has 1 aromatic heterocycles. The molecular formula is C17H17N3. The summed E-state index contributed by atoms with van der Waals surface area (Å²) in [5, 5.41) is 14.4. The van der Waals surface area contributed by atoms with Crippen LogP contribution in [-0.2, 0) is 0 Å². The fraction of sp³-hybridized carbons (Fsp3) is 0.176. The molecule has 100 valence electrons. The normalized spacial score (nSPS) is 10.9. The summed E-state index contributed by atoms with van der Waals surface area (Å²) in [5.41, 5.74) is 2.02. The smallest absolute Gasteiger partial charge is 0.156 e. The highest BCUT2D eigenvalue weighted by molar-refractivity contribution is 6.00. The van der Waals surface area contributed by atoms with Crippen LogP contribution in [0.5, 0.6) is 0 Å². The number of fused-ring (bicyclic) bond motifs is 1. The second-order valence-electron chi connectivity index (χ2n) is 5.11. The van der Waals surface area contributed by atoms with Gasteiger partial charge in [0, 0.05) is 22.4 Å². The monoisotopic (exact) mass is 263 g/mol. The van der Waals surface area contributed by atoms with Gasteiger partial charge in [-0.25, -0.2) is 0 Å². The second kappa shape index (κ2) is 5.29. The molecule has 3 heteroatoms. The Labute approximate surface area is 118 Å². The van der Waals surface area contributed by atoms with E-state index >= 15 is 0 Å². The van der Waals surface area contributed by atoms with Crippen LogP contribution >= 0.6 is 0 Å². The summed E-state index contributed by atoms with van der Waals surface area (Å²) in [5.74, 6) is 0.843. The Morgan fingerprint density at radius 1 is 0.800 bits per heavy atom. The molecular weight excluding hydrogens is 246 g/mol. The third kappa shape index (κ3) is 2.35. The van der Waals surface area contributed by atoms with Crippen molar-refractivity contribution in [3.8, 4) is 11.3 Å². The summed E-state index contributed by atoms with van der Waals surface area (Å²) in [6, 6.07) is 18.7. The quantitative estimate of drug-likeness (QED) is 0.772. The first-order valence-electron chi connectivity index (χ1n) is 6.83. The second-order valence-corrected chi connectivity index (χ2v) is 5.11. The fourth-order valence-electron chi connectivity index (χ4n) is 2.29. The predicted octanol–water partition coefficient (Wildman–Crippen LogP) is 4.12. The van der Waals surface area contributed by atoms with Gasteiger partial charge in [-0.2, -0.15) is 0 Å². The Morgan fingerprint density at radius 2 is 1.45 bits per heavy atom. The van der Waals surface area contributed by atoms with Crippen LogP contribution in [0.25, 0.3) is 22.0 Å². The van der Waals surface area contributed by atoms with Crippen LogP contribution in [0.4, 0.5) is 5.82 Å². The maximum atomic E-state index is 4.42. The molecule has 1 N–H and O–H groups in total. The molecule has 0 atom stereocenters. The number of benzene rings is 2. The third-order valence-corrected chi connectivity index (χ3v) is 3.16. The van der Waals surface area contributed by atoms with Crippen LogP contribution < -0.4 is 5.32 Å². The van der Waals surface area contributed by atoms with E-state index in [9.17, 15) is 0 Å². The molecule has 0 spiro atoms. The first-order chi connectivity index (χ1) is 9.75. The van der Waals surface area contributed by atoms with Crippen LogP contribution in [0.2, 0.25) is 0 Å². The average molecular weight is 263 g/mol. The highest BCUT2D eigenvalue weighted by Gasteiger charge is 2.10. The van der Waals surface area contributed by atoms with Crippen molar-refractivity contribution < 1.29 is 0 Å². The van der Waals surface area contributed by atoms with E-state index in [-0.39, 0.29) is 0 Å². The number of hydrogen-bond donors (Lipinski definition) is 1. The van der Waals surface area contributed by atoms with E-state index in [0.717, 1.165) is 27.8 Å². The summed E-state index contributed by atoms with van der Waals surface area (Å²) in [6.45, 7) is 4.20. The molecule has 0 fully saturated rings. The van der Waals surface area contributed by atoms with E-state index in [0.29, 0.717) is 6.04 Å². The van der Waals surface area contributed by atoms with Crippen LogP contribution in [0.3, 0.4) is 0 Å². The molecule has 0 aliphatic rings. The lowest BCUT2D eigenvalue weighted by Gasteiger charge is -2.13. The summed E-state index contributed by atoms with van der Waals surface area (Å²) in [7, 11) is 0. The van der Waals surface area contributed by atoms with Crippen LogP contribution in [0, 0.1) is 0 Å². The van der Waals surface area contributed by atoms with E-state index in [2.05, 4.69) is 53.6 Å². The number of nitrogens with zero attached hydrogens (tertiary/aromatic N) is 2. The zero-order valence-corrected chi connectivity index (χ0v) is 11.7. The van der Waals surface area contributed by atoms with Crippen molar-refractivity contribution >= 4 is 16.6 Å². The van der Waals surface area contributed by atoms with Crippen molar-refractivity contribution in [2.45, 2.75) is 19.9 Å². The van der Waals surface area contributed by atoms with Crippen molar-refractivity contribution in [3.63, 3.8) is 0 Å². The van der Waals surface area contributed by atoms with Crippen LogP contribution in [0.15, 0.2) is 54.6 Å². The third-order valence-electron chi connectivity index (χ3n) is 3.16. The SMILES string of the molecule is CC(C)Nc1nnc(-c2ccccc2)c2ccccc12. The number of rotatable bonds is 3. The van der Waals surface area contributed by atoms with Gasteiger partial charge in [0.1, 0.15) is 5.69 Å². The average Bonchev–Trinajstić information content (AvgIpc) is 2.48. The molecule has 1 heterocycles. The summed E-state index contributed by atoms with van der Waals surface area (Å²) >= 11 is 0. The minimum absolute atomic E-state index is 0.329. The van der Waals surface area contributed by atoms with E-state index in [4.69, 9.17) is 0 Å². The molecule has 0 amide bonds. The lowest BCUT2D eigenvalue weighted by atomic mass is 10.0. The molecule has 2 aromatic carbocycles. The van der Waals surface area contributed by atoms with E-state index in [1.54, 1.807) is 0 Å². The molecule has 3 nitrogen and oxygen atoms in total. The van der Waals surface area contributed by atoms with Gasteiger partial charge < -0.3 is 5.32 Å². The molecule has 0 saturated carbocycles. The molecule has 0 aliphatic carbocycles. The maximum absolute atomic E-state index is 4.42. The molecule has 3 aromatic rings. The lowest BCUT2D eigenvalue weighted by Crippen LogP contribution is -2.12. The van der Waals surface area contributed by atoms with Crippen molar-refractivity contribution in [2.75, 3.05) is 5.32 Å². The van der Waals surface area contributed by atoms with Gasteiger partial charge in [0.05, 0.1) is 0 Å². The van der Waals surface area contributed by atoms with Gasteiger partial charge in [-0.1, -0.05) is 54.6 Å². The van der Waals surface area contributed by atoms with Gasteiger partial charge in [0.2, 0.25) is 0 Å². The Morgan fingerprint density at radius 3 is 2.15 bits per heavy atom. The Hall–Kier alpha value is -2.42. The topological polar surface area (TPSA) is 37.8 Å². The molecule has 20 heavy (non-hydrogen) atoms. The molecule has 3 rings (SSSR count).